The van der Waals surface area contributed by atoms with Crippen LogP contribution < -0.4 is 0 Å². The van der Waals surface area contributed by atoms with Crippen molar-refractivity contribution in [3.05, 3.63) is 103 Å². The van der Waals surface area contributed by atoms with Gasteiger partial charge in [-0.2, -0.15) is 0 Å². The van der Waals surface area contributed by atoms with Crippen LogP contribution in [0.5, 0.6) is 11.5 Å². The predicted molar refractivity (Wildman–Crippen MR) is 188 cm³/mol. The second kappa shape index (κ2) is 16.6. The molecule has 0 amide bonds. The van der Waals surface area contributed by atoms with Crippen LogP contribution in [0.2, 0.25) is 0 Å². The van der Waals surface area contributed by atoms with Crippen LogP contribution in [0.1, 0.15) is 71.5 Å². The summed E-state index contributed by atoms with van der Waals surface area (Å²) in [7, 11) is 0. The Labute approximate surface area is 273 Å². The zero-order valence-electron chi connectivity index (χ0n) is 26.6. The molecule has 2 aromatic carbocycles. The van der Waals surface area contributed by atoms with Gasteiger partial charge < -0.3 is 10.2 Å². The van der Waals surface area contributed by atoms with E-state index in [4.69, 9.17) is 0 Å². The molecule has 6 rings (SSSR count). The molecule has 236 valence electrons. The molecule has 2 atom stereocenters. The highest BCUT2D eigenvalue weighted by Gasteiger charge is 2.26. The zero-order chi connectivity index (χ0) is 30.7. The van der Waals surface area contributed by atoms with Gasteiger partial charge in [0.2, 0.25) is 0 Å². The number of aromatic hydroxyl groups is 2. The third kappa shape index (κ3) is 8.75. The summed E-state index contributed by atoms with van der Waals surface area (Å²) in [6.45, 7) is 9.07. The molecule has 0 bridgehead atoms. The van der Waals surface area contributed by atoms with Crippen molar-refractivity contribution in [3.63, 3.8) is 0 Å². The normalized spacial score (nSPS) is 17.6. The van der Waals surface area contributed by atoms with Crippen LogP contribution in [0.4, 0.5) is 0 Å². The van der Waals surface area contributed by atoms with E-state index < -0.39 is 0 Å². The summed E-state index contributed by atoms with van der Waals surface area (Å²) in [6.07, 6.45) is 11.2. The third-order valence-corrected chi connectivity index (χ3v) is 11.2. The SMILES string of the molecule is CCCN(CCc1cccs1)C1CCc2cccc(O)c2C1.CCCN(CCc1cccs1)[C@@H]1CCc2cccc(O)c2C1. The van der Waals surface area contributed by atoms with Crippen LogP contribution in [0.3, 0.4) is 0 Å². The molecule has 0 saturated carbocycles. The number of nitrogens with zero attached hydrogens (tertiary/aromatic N) is 2. The van der Waals surface area contributed by atoms with Gasteiger partial charge in [0.05, 0.1) is 0 Å². The molecule has 2 aliphatic carbocycles. The van der Waals surface area contributed by atoms with Gasteiger partial charge >= 0.3 is 0 Å². The zero-order valence-corrected chi connectivity index (χ0v) is 28.2. The van der Waals surface area contributed by atoms with E-state index >= 15 is 0 Å². The summed E-state index contributed by atoms with van der Waals surface area (Å²) in [6, 6.07) is 21.8. The number of thiophene rings is 2. The summed E-state index contributed by atoms with van der Waals surface area (Å²) < 4.78 is 0. The number of phenols is 2. The molecule has 0 radical (unpaired) electrons. The van der Waals surface area contributed by atoms with Crippen molar-refractivity contribution in [1.29, 1.82) is 0 Å². The number of aryl methyl sites for hydroxylation is 2. The highest BCUT2D eigenvalue weighted by atomic mass is 32.1. The average Bonchev–Trinajstić information content (AvgIpc) is 3.77. The van der Waals surface area contributed by atoms with E-state index in [2.05, 4.69) is 70.8 Å². The van der Waals surface area contributed by atoms with Crippen molar-refractivity contribution in [2.24, 2.45) is 0 Å². The van der Waals surface area contributed by atoms with Crippen LogP contribution in [-0.4, -0.2) is 58.3 Å². The first kappa shape index (κ1) is 32.7. The molecule has 4 nitrogen and oxygen atoms in total. The smallest absolute Gasteiger partial charge is 0.119 e. The lowest BCUT2D eigenvalue weighted by Gasteiger charge is -2.35. The van der Waals surface area contributed by atoms with Crippen molar-refractivity contribution in [1.82, 2.24) is 9.80 Å². The van der Waals surface area contributed by atoms with Gasteiger partial charge in [0.15, 0.2) is 0 Å². The standard InChI is InChI=1S/2C19H25NOS/c2*1-2-11-20(12-10-17-6-4-13-22-17)16-9-8-15-5-3-7-19(21)18(15)14-16/h2*3-7,13,16,21H,2,8-12,14H2,1H3/t16-;/m1./s1. The van der Waals surface area contributed by atoms with E-state index in [9.17, 15) is 10.2 Å². The molecule has 0 saturated heterocycles. The minimum Gasteiger partial charge on any atom is -0.508 e. The highest BCUT2D eigenvalue weighted by molar-refractivity contribution is 7.10. The Balaban J connectivity index is 0.000000175. The molecule has 4 aromatic rings. The molecule has 0 fully saturated rings. The van der Waals surface area contributed by atoms with Gasteiger partial charge in [0.25, 0.3) is 0 Å². The molecule has 2 heterocycles. The molecule has 2 aromatic heterocycles. The lowest BCUT2D eigenvalue weighted by atomic mass is 9.86. The van der Waals surface area contributed by atoms with Crippen molar-refractivity contribution < 1.29 is 10.2 Å². The van der Waals surface area contributed by atoms with Gasteiger partial charge in [0.1, 0.15) is 11.5 Å². The monoisotopic (exact) mass is 630 g/mol. The van der Waals surface area contributed by atoms with Crippen molar-refractivity contribution in [3.8, 4) is 11.5 Å². The Hall–Kier alpha value is -2.64. The number of hydrogen-bond donors (Lipinski definition) is 2. The predicted octanol–water partition coefficient (Wildman–Crippen LogP) is 8.53. The molecule has 0 spiro atoms. The molecule has 1 unspecified atom stereocenters. The lowest BCUT2D eigenvalue weighted by molar-refractivity contribution is 0.181. The van der Waals surface area contributed by atoms with Gasteiger partial charge in [-0.15, -0.1) is 22.7 Å². The van der Waals surface area contributed by atoms with Crippen molar-refractivity contribution >= 4 is 22.7 Å². The summed E-state index contributed by atoms with van der Waals surface area (Å²) >= 11 is 3.71. The topological polar surface area (TPSA) is 46.9 Å². The Morgan fingerprint density at radius 1 is 0.614 bits per heavy atom. The first-order chi connectivity index (χ1) is 21.6. The number of rotatable bonds is 12. The van der Waals surface area contributed by atoms with Crippen molar-refractivity contribution in [2.75, 3.05) is 26.2 Å². The second-order valence-electron chi connectivity index (χ2n) is 12.4. The van der Waals surface area contributed by atoms with Crippen LogP contribution in [0.25, 0.3) is 0 Å². The van der Waals surface area contributed by atoms with E-state index in [1.165, 1.54) is 57.7 Å². The minimum atomic E-state index is 0.483. The maximum atomic E-state index is 10.1. The van der Waals surface area contributed by atoms with Crippen molar-refractivity contribution in [2.45, 2.75) is 90.1 Å². The molecular formula is C38H50N2O2S2. The first-order valence-corrected chi connectivity index (χ1v) is 18.4. The van der Waals surface area contributed by atoms with E-state index in [1.54, 1.807) is 0 Å². The minimum absolute atomic E-state index is 0.483. The molecule has 0 aliphatic heterocycles. The lowest BCUT2D eigenvalue weighted by Crippen LogP contribution is -2.41. The summed E-state index contributed by atoms with van der Waals surface area (Å²) in [5.41, 5.74) is 5.03. The number of fused-ring (bicyclic) bond motifs is 2. The van der Waals surface area contributed by atoms with Gasteiger partial charge in [0, 0.05) is 34.9 Å². The van der Waals surface area contributed by atoms with E-state index in [0.29, 0.717) is 23.6 Å². The average molecular weight is 631 g/mol. The maximum absolute atomic E-state index is 10.1. The van der Waals surface area contributed by atoms with Gasteiger partial charge in [-0.3, -0.25) is 9.80 Å². The number of hydrogen-bond acceptors (Lipinski definition) is 6. The quantitative estimate of drug-likeness (QED) is 0.165. The fourth-order valence-electron chi connectivity index (χ4n) is 7.07. The molecule has 2 aliphatic rings. The van der Waals surface area contributed by atoms with E-state index in [1.807, 2.05) is 46.9 Å². The van der Waals surface area contributed by atoms with Gasteiger partial charge in [-0.25, -0.2) is 0 Å². The largest absolute Gasteiger partial charge is 0.508 e. The Kier molecular flexibility index (Phi) is 12.4. The fraction of sp³-hybridized carbons (Fsp3) is 0.474. The van der Waals surface area contributed by atoms with E-state index in [0.717, 1.165) is 64.7 Å². The number of benzene rings is 2. The maximum Gasteiger partial charge on any atom is 0.119 e. The summed E-state index contributed by atoms with van der Waals surface area (Å²) in [4.78, 5) is 8.21. The fourth-order valence-corrected chi connectivity index (χ4v) is 8.47. The van der Waals surface area contributed by atoms with E-state index in [-0.39, 0.29) is 0 Å². The Morgan fingerprint density at radius 3 is 1.45 bits per heavy atom. The van der Waals surface area contributed by atoms with Gasteiger partial charge in [-0.1, -0.05) is 50.2 Å². The highest BCUT2D eigenvalue weighted by Crippen LogP contribution is 2.32. The second-order valence-corrected chi connectivity index (χ2v) is 14.4. The Morgan fingerprint density at radius 2 is 1.07 bits per heavy atom. The number of phenolic OH excluding ortho intramolecular Hbond substituents is 2. The third-order valence-electron chi connectivity index (χ3n) is 9.38. The molecule has 2 N–H and O–H groups in total. The Bertz CT molecular complexity index is 1290. The first-order valence-electron chi connectivity index (χ1n) is 16.7. The van der Waals surface area contributed by atoms with Crippen LogP contribution in [0, 0.1) is 0 Å². The molecule has 44 heavy (non-hydrogen) atoms. The van der Waals surface area contributed by atoms with Crippen LogP contribution in [-0.2, 0) is 38.5 Å². The summed E-state index contributed by atoms with van der Waals surface area (Å²) in [5, 5.41) is 24.6. The molecular weight excluding hydrogens is 581 g/mol. The van der Waals surface area contributed by atoms with Gasteiger partial charge in [-0.05, 0) is 135 Å². The summed E-state index contributed by atoms with van der Waals surface area (Å²) in [5.74, 6) is 0.966. The van der Waals surface area contributed by atoms with Crippen LogP contribution >= 0.6 is 22.7 Å². The molecule has 6 heteroatoms. The van der Waals surface area contributed by atoms with Crippen LogP contribution in [0.15, 0.2) is 71.4 Å².